The lowest BCUT2D eigenvalue weighted by Gasteiger charge is -2.38. The van der Waals surface area contributed by atoms with Gasteiger partial charge in [-0.25, -0.2) is 8.78 Å². The van der Waals surface area contributed by atoms with E-state index in [2.05, 4.69) is 5.32 Å². The van der Waals surface area contributed by atoms with E-state index in [0.717, 1.165) is 38.5 Å². The third-order valence-corrected chi connectivity index (χ3v) is 10.6. The van der Waals surface area contributed by atoms with Gasteiger partial charge in [0.15, 0.2) is 11.5 Å². The molecule has 3 aliphatic carbocycles. The fourth-order valence-corrected chi connectivity index (χ4v) is 7.35. The normalized spacial score (nSPS) is 28.8. The maximum Gasteiger partial charge on any atom is 0.313 e. The third kappa shape index (κ3) is 5.15. The molecule has 1 saturated heterocycles. The van der Waals surface area contributed by atoms with Crippen molar-refractivity contribution in [1.29, 1.82) is 0 Å². The van der Waals surface area contributed by atoms with Gasteiger partial charge < -0.3 is 20.3 Å². The van der Waals surface area contributed by atoms with Gasteiger partial charge in [-0.15, -0.1) is 0 Å². The van der Waals surface area contributed by atoms with Gasteiger partial charge in [0.05, 0.1) is 11.5 Å². The molecule has 2 aromatic rings. The van der Waals surface area contributed by atoms with Crippen molar-refractivity contribution in [3.8, 4) is 16.9 Å². The Morgan fingerprint density at radius 2 is 1.86 bits per heavy atom. The van der Waals surface area contributed by atoms with E-state index in [1.807, 2.05) is 6.07 Å². The zero-order chi connectivity index (χ0) is 29.9. The fraction of sp³-hybridized carbons (Fsp3) is 0.588. The van der Waals surface area contributed by atoms with Gasteiger partial charge in [-0.05, 0) is 99.1 Å². The largest absolute Gasteiger partial charge is 0.490 e. The highest BCUT2D eigenvalue weighted by molar-refractivity contribution is 5.88. The van der Waals surface area contributed by atoms with Gasteiger partial charge in [0.2, 0.25) is 0 Å². The molecule has 1 heterocycles. The first-order valence-corrected chi connectivity index (χ1v) is 15.4. The number of nitrogens with one attached hydrogen (secondary N) is 1. The smallest absolute Gasteiger partial charge is 0.313 e. The Hall–Kier alpha value is -2.84. The molecule has 42 heavy (non-hydrogen) atoms. The Bertz CT molecular complexity index is 1380. The number of aliphatic hydroxyl groups excluding tert-OH is 1. The Balaban J connectivity index is 1.25. The number of aliphatic hydroxyl groups is 1. The van der Waals surface area contributed by atoms with Crippen LogP contribution in [0.5, 0.6) is 5.75 Å². The number of carboxylic acid groups (broad SMARTS) is 1. The van der Waals surface area contributed by atoms with Crippen LogP contribution in [0.15, 0.2) is 36.4 Å². The van der Waals surface area contributed by atoms with Crippen molar-refractivity contribution in [3.05, 3.63) is 53.3 Å². The number of rotatable bonds is 9. The first-order valence-electron chi connectivity index (χ1n) is 15.4. The SMILES string of the molecule is CC(C)(C(=O)O)c1ccc(O[C@H]2C[C@H](CC(=O)[C@]3(F)CNC4(CCC4)C3)[C@H](O)C2)c(-c2cccc(F)c2C2CCC2)c1. The van der Waals surface area contributed by atoms with Gasteiger partial charge in [-0.2, -0.15) is 0 Å². The fourth-order valence-electron chi connectivity index (χ4n) is 7.35. The number of halogens is 2. The maximum atomic E-state index is 15.7. The molecule has 4 fully saturated rings. The highest BCUT2D eigenvalue weighted by Gasteiger charge is 2.55. The highest BCUT2D eigenvalue weighted by Crippen LogP contribution is 2.48. The molecule has 0 radical (unpaired) electrons. The summed E-state index contributed by atoms with van der Waals surface area (Å²) in [7, 11) is 0. The second-order valence-electron chi connectivity index (χ2n) is 13.8. The third-order valence-electron chi connectivity index (χ3n) is 10.6. The summed E-state index contributed by atoms with van der Waals surface area (Å²) < 4.78 is 37.3. The summed E-state index contributed by atoms with van der Waals surface area (Å²) >= 11 is 0. The first kappa shape index (κ1) is 29.2. The topological polar surface area (TPSA) is 95.9 Å². The minimum Gasteiger partial charge on any atom is -0.490 e. The lowest BCUT2D eigenvalue weighted by molar-refractivity contribution is -0.142. The van der Waals surface area contributed by atoms with Gasteiger partial charge in [0, 0.05) is 36.9 Å². The summed E-state index contributed by atoms with van der Waals surface area (Å²) in [4.78, 5) is 25.2. The van der Waals surface area contributed by atoms with Crippen molar-refractivity contribution in [2.45, 2.75) is 113 Å². The van der Waals surface area contributed by atoms with Crippen LogP contribution in [0.1, 0.15) is 95.1 Å². The number of ketones is 1. The van der Waals surface area contributed by atoms with Crippen LogP contribution in [0.2, 0.25) is 0 Å². The monoisotopic (exact) mass is 581 g/mol. The average Bonchev–Trinajstić information content (AvgIpc) is 3.44. The van der Waals surface area contributed by atoms with Crippen molar-refractivity contribution in [2.75, 3.05) is 6.54 Å². The van der Waals surface area contributed by atoms with E-state index in [4.69, 9.17) is 4.74 Å². The molecule has 226 valence electrons. The molecule has 4 atom stereocenters. The van der Waals surface area contributed by atoms with Crippen LogP contribution in [0.3, 0.4) is 0 Å². The molecule has 2 aromatic carbocycles. The van der Waals surface area contributed by atoms with E-state index in [9.17, 15) is 19.8 Å². The number of hydrogen-bond acceptors (Lipinski definition) is 5. The summed E-state index contributed by atoms with van der Waals surface area (Å²) in [5, 5.41) is 24.0. The summed E-state index contributed by atoms with van der Waals surface area (Å²) in [5.41, 5.74) is -0.827. The minimum absolute atomic E-state index is 0.0357. The molecule has 1 aliphatic heterocycles. The molecular formula is C34H41F2NO5. The lowest BCUT2D eigenvalue weighted by Crippen LogP contribution is -2.46. The number of aliphatic carboxylic acids is 1. The maximum absolute atomic E-state index is 15.7. The Morgan fingerprint density at radius 3 is 2.48 bits per heavy atom. The van der Waals surface area contributed by atoms with Gasteiger partial charge >= 0.3 is 5.97 Å². The molecule has 0 amide bonds. The van der Waals surface area contributed by atoms with Crippen LogP contribution in [0.4, 0.5) is 8.78 Å². The van der Waals surface area contributed by atoms with E-state index in [1.54, 1.807) is 38.1 Å². The molecule has 0 bridgehead atoms. The number of carbonyl (C=O) groups is 2. The number of ether oxygens (including phenoxy) is 1. The minimum atomic E-state index is -1.89. The zero-order valence-corrected chi connectivity index (χ0v) is 24.4. The van der Waals surface area contributed by atoms with Crippen molar-refractivity contribution in [3.63, 3.8) is 0 Å². The molecule has 6 rings (SSSR count). The number of hydrogen-bond donors (Lipinski definition) is 3. The first-order chi connectivity index (χ1) is 19.9. The van der Waals surface area contributed by atoms with Gasteiger partial charge in [0.25, 0.3) is 0 Å². The quantitative estimate of drug-likeness (QED) is 0.325. The highest BCUT2D eigenvalue weighted by atomic mass is 19.1. The van der Waals surface area contributed by atoms with Crippen molar-refractivity contribution < 1.29 is 33.3 Å². The number of carboxylic acids is 1. The average molecular weight is 582 g/mol. The molecule has 1 spiro atoms. The Morgan fingerprint density at radius 1 is 1.10 bits per heavy atom. The molecule has 8 heteroatoms. The van der Waals surface area contributed by atoms with Crippen LogP contribution in [0, 0.1) is 11.7 Å². The predicted octanol–water partition coefficient (Wildman–Crippen LogP) is 6.22. The summed E-state index contributed by atoms with van der Waals surface area (Å²) in [6, 6.07) is 10.2. The van der Waals surface area contributed by atoms with E-state index >= 15 is 8.78 Å². The van der Waals surface area contributed by atoms with Crippen LogP contribution in [0.25, 0.3) is 11.1 Å². The molecule has 0 aromatic heterocycles. The summed E-state index contributed by atoms with van der Waals surface area (Å²) in [6.45, 7) is 3.30. The summed E-state index contributed by atoms with van der Waals surface area (Å²) in [6.07, 6.45) is 5.28. The van der Waals surface area contributed by atoms with Crippen molar-refractivity contribution in [2.24, 2.45) is 5.92 Å². The lowest BCUT2D eigenvalue weighted by atomic mass is 9.73. The number of alkyl halides is 1. The predicted molar refractivity (Wildman–Crippen MR) is 155 cm³/mol. The van der Waals surface area contributed by atoms with Gasteiger partial charge in [0.1, 0.15) is 17.7 Å². The van der Waals surface area contributed by atoms with Crippen LogP contribution in [-0.4, -0.2) is 51.9 Å². The standard InChI is InChI=1S/C34H41F2NO5/c1-32(2,31(40)41)22-10-11-28(25(16-22)24-8-4-9-26(35)30(24)20-6-3-7-20)42-23-14-21(27(38)17-23)15-29(39)34(36)18-33(37-19-34)12-5-13-33/h4,8-11,16,20-21,23,27,37-38H,3,5-7,12-15,17-19H2,1-2H3,(H,40,41)/t21-,23+,27-,34-/m1/s1. The molecule has 3 N–H and O–H groups in total. The molecule has 4 aliphatic rings. The van der Waals surface area contributed by atoms with E-state index in [-0.39, 0.29) is 36.7 Å². The van der Waals surface area contributed by atoms with Crippen molar-refractivity contribution >= 4 is 11.8 Å². The summed E-state index contributed by atoms with van der Waals surface area (Å²) in [5.74, 6) is -1.56. The van der Waals surface area contributed by atoms with Crippen LogP contribution < -0.4 is 10.1 Å². The van der Waals surface area contributed by atoms with E-state index in [0.29, 0.717) is 40.8 Å². The van der Waals surface area contributed by atoms with E-state index < -0.39 is 41.0 Å². The molecular weight excluding hydrogens is 540 g/mol. The van der Waals surface area contributed by atoms with Crippen LogP contribution >= 0.6 is 0 Å². The number of benzene rings is 2. The van der Waals surface area contributed by atoms with Crippen molar-refractivity contribution in [1.82, 2.24) is 5.32 Å². The number of Topliss-reactive ketones (excluding diaryl/α,β-unsaturated/α-hetero) is 1. The second kappa shape index (κ2) is 10.7. The molecule has 0 unspecified atom stereocenters. The number of carbonyl (C=O) groups excluding carboxylic acids is 1. The van der Waals surface area contributed by atoms with Gasteiger partial charge in [-0.3, -0.25) is 9.59 Å². The molecule has 6 nitrogen and oxygen atoms in total. The van der Waals surface area contributed by atoms with E-state index in [1.165, 1.54) is 6.07 Å². The molecule has 3 saturated carbocycles. The zero-order valence-electron chi connectivity index (χ0n) is 24.4. The Kier molecular flexibility index (Phi) is 7.45. The van der Waals surface area contributed by atoms with Gasteiger partial charge in [-0.1, -0.05) is 24.6 Å². The Labute approximate surface area is 245 Å². The van der Waals surface area contributed by atoms with Crippen LogP contribution in [-0.2, 0) is 15.0 Å². The second-order valence-corrected chi connectivity index (χ2v) is 13.8.